The molecule has 22 atom stereocenters. The summed E-state index contributed by atoms with van der Waals surface area (Å²) in [6, 6.07) is 30.3. The Balaban J connectivity index is 0.000000184. The molecule has 2 heterocycles. The molecule has 0 radical (unpaired) electrons. The molecule has 2 saturated heterocycles. The molecule has 532 valence electrons. The van der Waals surface area contributed by atoms with E-state index in [-0.39, 0.29) is 79.6 Å². The molecule has 100 heavy (non-hydrogen) atoms. The van der Waals surface area contributed by atoms with Crippen molar-refractivity contribution in [2.75, 3.05) is 24.3 Å². The lowest BCUT2D eigenvalue weighted by molar-refractivity contribution is -0.235. The molecule has 14 rings (SSSR count). The van der Waals surface area contributed by atoms with E-state index in [0.717, 1.165) is 34.4 Å². The number of nitrogens with two attached hydrogens (primary N) is 1. The SMILES string of the molecule is CC(C)[C@H](C)C(=O)C[C@@H](C)C(=O)Nc1cccc(Cc2ccc(C3O[C@@H]4C[C@H]5[C@@H]6C[C@H](F)C7=CC(=O)C=C[C@]7(C)[C@@]6(F)[C@@H](O)C[C@]5(C)[C@]4(C(=O)CO)O3)cc2)c1.C[C@]12C=CC(=O)C=C1[C@@H](F)C[C@H]1[C@@H]3C[C@H]4O[C@@H](c5ccc(Cc6cccc(N)c6)cc5)O[C@@]4(C(=O)CO)[C@@]3(C)C[C@H](O)[C@@]12F. The number of benzene rings is 4. The Hall–Kier alpha value is -7.14. The summed E-state index contributed by atoms with van der Waals surface area (Å²) in [5, 5.41) is 46.8. The molecular formula is C80H90F4N2O14. The predicted octanol–water partition coefficient (Wildman–Crippen LogP) is 11.2. The summed E-state index contributed by atoms with van der Waals surface area (Å²) >= 11 is 0. The fourth-order valence-electron chi connectivity index (χ4n) is 20.2. The van der Waals surface area contributed by atoms with Crippen LogP contribution < -0.4 is 11.1 Å². The number of allylic oxidation sites excluding steroid dienone is 8. The van der Waals surface area contributed by atoms with Gasteiger partial charge in [0.1, 0.15) is 31.3 Å². The molecule has 4 aromatic rings. The van der Waals surface area contributed by atoms with E-state index in [0.29, 0.717) is 35.3 Å². The van der Waals surface area contributed by atoms with Crippen LogP contribution in [-0.2, 0) is 60.6 Å². The van der Waals surface area contributed by atoms with Gasteiger partial charge in [-0.25, -0.2) is 17.6 Å². The number of alkyl halides is 4. The minimum Gasteiger partial charge on any atom is -0.399 e. The van der Waals surface area contributed by atoms with E-state index in [1.165, 1.54) is 38.2 Å². The number of aliphatic hydroxyl groups is 4. The van der Waals surface area contributed by atoms with E-state index in [9.17, 15) is 49.2 Å². The normalized spacial score (nSPS) is 39.2. The molecule has 0 spiro atoms. The van der Waals surface area contributed by atoms with Crippen molar-refractivity contribution in [3.63, 3.8) is 0 Å². The number of nitrogen functional groups attached to an aromatic ring is 1. The summed E-state index contributed by atoms with van der Waals surface area (Å²) in [6.45, 7) is 12.6. The standard InChI is InChI=1S/C45H53F2NO8.C35H37F2NO6/c1-24(2)26(4)36(51)16-25(3)40(54)48-30-9-7-8-28(18-30)17-27-10-12-29(13-11-27)41-55-39-21-32-33-20-35(46)34-19-31(50)14-15-42(34,5)44(33,47)37(52)22-43(32,6)45(39,56-41)38(53)23-49;1-32-11-10-23(40)14-26(32)27(36)15-25-24-16-30-35(29(42)18-39,33(24,2)17-28(41)34(25,32)37)44-31(43-30)21-8-6-19(7-9-21)12-20-4-3-5-22(38)13-20/h7-15,18-19,24-26,32-33,35,37,39,41,49,52H,16-17,20-23H2,1-6H3,(H,48,54);3-11,13-14,24-25,27-28,30-31,39,41H,12,15-18,38H2,1-2H3/t25-,26+,32+,33+,35+,37+,39-,41?,42+,43+,44+,45-;24-,25-,27-,28-,30+,31+,32-,33-,34-,35+/m10/s1. The Labute approximate surface area is 579 Å². The van der Waals surface area contributed by atoms with Crippen molar-refractivity contribution >= 4 is 46.2 Å². The molecule has 20 heteroatoms. The van der Waals surface area contributed by atoms with Gasteiger partial charge in [-0.05, 0) is 165 Å². The monoisotopic (exact) mass is 1380 g/mol. The third-order valence-electron chi connectivity index (χ3n) is 25.8. The number of hydrogen-bond acceptors (Lipinski definition) is 15. The molecule has 0 aromatic heterocycles. The third kappa shape index (κ3) is 10.8. The van der Waals surface area contributed by atoms with E-state index >= 15 is 17.6 Å². The predicted molar refractivity (Wildman–Crippen MR) is 362 cm³/mol. The molecule has 1 amide bonds. The smallest absolute Gasteiger partial charge is 0.227 e. The van der Waals surface area contributed by atoms with Gasteiger partial charge in [-0.1, -0.05) is 126 Å². The highest BCUT2D eigenvalue weighted by molar-refractivity contribution is 6.02. The number of nitrogens with one attached hydrogen (secondary N) is 1. The van der Waals surface area contributed by atoms with Crippen molar-refractivity contribution in [3.8, 4) is 0 Å². The van der Waals surface area contributed by atoms with Crippen molar-refractivity contribution in [2.24, 2.45) is 63.1 Å². The summed E-state index contributed by atoms with van der Waals surface area (Å²) in [5.41, 5.74) is -0.852. The first kappa shape index (κ1) is 71.3. The minimum atomic E-state index is -2.32. The number of fused-ring (bicyclic) bond motifs is 14. The Kier molecular flexibility index (Phi) is 18.3. The zero-order valence-electron chi connectivity index (χ0n) is 57.6. The number of Topliss-reactive ketones (excluding diaryl/α,β-unsaturated/α-hetero) is 3. The molecule has 8 aliphatic carbocycles. The van der Waals surface area contributed by atoms with Crippen molar-refractivity contribution in [1.82, 2.24) is 0 Å². The molecule has 6 saturated carbocycles. The first-order chi connectivity index (χ1) is 47.3. The van der Waals surface area contributed by atoms with Gasteiger partial charge in [0.2, 0.25) is 5.91 Å². The summed E-state index contributed by atoms with van der Waals surface area (Å²) in [7, 11) is 0. The van der Waals surface area contributed by atoms with Crippen LogP contribution in [-0.4, -0.2) is 128 Å². The lowest BCUT2D eigenvalue weighted by Crippen LogP contribution is -2.70. The molecule has 8 fully saturated rings. The number of carbonyl (C=O) groups excluding carboxylic acids is 6. The highest BCUT2D eigenvalue weighted by Gasteiger charge is 2.82. The Morgan fingerprint density at radius 3 is 1.44 bits per heavy atom. The van der Waals surface area contributed by atoms with Gasteiger partial charge in [-0.15, -0.1) is 0 Å². The van der Waals surface area contributed by atoms with Crippen LogP contribution >= 0.6 is 0 Å². The van der Waals surface area contributed by atoms with Crippen molar-refractivity contribution in [1.29, 1.82) is 0 Å². The average molecular weight is 1380 g/mol. The number of rotatable bonds is 16. The molecule has 0 bridgehead atoms. The van der Waals surface area contributed by atoms with Gasteiger partial charge in [0.25, 0.3) is 0 Å². The van der Waals surface area contributed by atoms with Crippen LogP contribution in [0.15, 0.2) is 145 Å². The number of aliphatic hydroxyl groups excluding tert-OH is 4. The number of ketones is 5. The first-order valence-corrected chi connectivity index (χ1v) is 35.1. The fraction of sp³-hybridized carbons (Fsp3) is 0.525. The van der Waals surface area contributed by atoms with E-state index < -0.39 is 159 Å². The van der Waals surface area contributed by atoms with Crippen molar-refractivity contribution in [2.45, 2.75) is 185 Å². The van der Waals surface area contributed by atoms with Gasteiger partial charge < -0.3 is 50.4 Å². The second-order valence-corrected chi connectivity index (χ2v) is 31.3. The quantitative estimate of drug-likeness (QED) is 0.0450. The van der Waals surface area contributed by atoms with E-state index in [2.05, 4.69) is 5.32 Å². The summed E-state index contributed by atoms with van der Waals surface area (Å²) in [4.78, 5) is 77.4. The molecular weight excluding hydrogens is 1290 g/mol. The lowest BCUT2D eigenvalue weighted by Gasteiger charge is -2.63. The number of anilines is 2. The maximum atomic E-state index is 17.7. The van der Waals surface area contributed by atoms with E-state index in [1.54, 1.807) is 20.8 Å². The molecule has 16 nitrogen and oxygen atoms in total. The first-order valence-electron chi connectivity index (χ1n) is 35.1. The largest absolute Gasteiger partial charge is 0.399 e. The molecule has 7 N–H and O–H groups in total. The molecule has 1 unspecified atom stereocenters. The van der Waals surface area contributed by atoms with Gasteiger partial charge in [-0.2, -0.15) is 0 Å². The highest BCUT2D eigenvalue weighted by atomic mass is 19.2. The topological polar surface area (TPSA) is 258 Å². The second kappa shape index (κ2) is 25.7. The molecule has 2 aliphatic heterocycles. The van der Waals surface area contributed by atoms with Crippen LogP contribution in [0.1, 0.15) is 146 Å². The molecule has 4 aromatic carbocycles. The summed E-state index contributed by atoms with van der Waals surface area (Å²) in [6.07, 6.45) is -1.70. The molecule has 10 aliphatic rings. The summed E-state index contributed by atoms with van der Waals surface area (Å²) < 4.78 is 93.0. The Morgan fingerprint density at radius 1 is 0.590 bits per heavy atom. The maximum Gasteiger partial charge on any atom is 0.227 e. The van der Waals surface area contributed by atoms with Crippen LogP contribution in [0.4, 0.5) is 28.9 Å². The number of halogens is 4. The average Bonchev–Trinajstić information content (AvgIpc) is 1.42. The lowest BCUT2D eigenvalue weighted by atomic mass is 9.44. The second-order valence-electron chi connectivity index (χ2n) is 31.3. The number of ether oxygens (including phenoxy) is 4. The zero-order valence-corrected chi connectivity index (χ0v) is 57.6. The van der Waals surface area contributed by atoms with E-state index in [4.69, 9.17) is 24.7 Å². The van der Waals surface area contributed by atoms with Crippen molar-refractivity contribution in [3.05, 3.63) is 178 Å². The van der Waals surface area contributed by atoms with Gasteiger partial charge in [0.15, 0.2) is 58.3 Å². The Bertz CT molecular complexity index is 4080. The third-order valence-corrected chi connectivity index (χ3v) is 25.8. The van der Waals surface area contributed by atoms with Crippen molar-refractivity contribution < 1.29 is 85.7 Å². The Morgan fingerprint density at radius 2 is 1.02 bits per heavy atom. The number of hydrogen-bond donors (Lipinski definition) is 6. The van der Waals surface area contributed by atoms with E-state index in [1.807, 2.05) is 118 Å². The minimum absolute atomic E-state index is 0.0206. The fourth-order valence-corrected chi connectivity index (χ4v) is 20.2. The van der Waals surface area contributed by atoms with Gasteiger partial charge in [0, 0.05) is 74.3 Å². The van der Waals surface area contributed by atoms with Crippen LogP contribution in [0.2, 0.25) is 0 Å². The summed E-state index contributed by atoms with van der Waals surface area (Å²) in [5.74, 6) is -5.83. The van der Waals surface area contributed by atoms with Crippen LogP contribution in [0.25, 0.3) is 0 Å². The van der Waals surface area contributed by atoms with Gasteiger partial charge in [-0.3, -0.25) is 28.8 Å². The van der Waals surface area contributed by atoms with Crippen LogP contribution in [0.3, 0.4) is 0 Å². The van der Waals surface area contributed by atoms with Crippen LogP contribution in [0.5, 0.6) is 0 Å². The number of carbonyl (C=O) groups is 6. The van der Waals surface area contributed by atoms with Gasteiger partial charge >= 0.3 is 0 Å². The van der Waals surface area contributed by atoms with Gasteiger partial charge in [0.05, 0.1) is 24.4 Å². The number of amides is 1. The van der Waals surface area contributed by atoms with Crippen LogP contribution in [0, 0.1) is 63.1 Å². The maximum absolute atomic E-state index is 17.7. The zero-order chi connectivity index (χ0) is 71.8. The highest BCUT2D eigenvalue weighted by Crippen LogP contribution is 2.75.